The van der Waals surface area contributed by atoms with Crippen LogP contribution in [0.2, 0.25) is 0 Å². The van der Waals surface area contributed by atoms with Gasteiger partial charge in [-0.15, -0.1) is 0 Å². The zero-order chi connectivity index (χ0) is 21.0. The van der Waals surface area contributed by atoms with E-state index in [0.29, 0.717) is 37.5 Å². The number of piperazine rings is 1. The van der Waals surface area contributed by atoms with E-state index in [1.165, 1.54) is 4.31 Å². The summed E-state index contributed by atoms with van der Waals surface area (Å²) in [6.07, 6.45) is 0.149. The number of likely N-dealkylation sites (N-methyl/N-ethyl adjacent to an activating group) is 1. The Morgan fingerprint density at radius 2 is 1.69 bits per heavy atom. The van der Waals surface area contributed by atoms with Crippen LogP contribution in [0.4, 0.5) is 0 Å². The molecule has 3 rings (SSSR count). The maximum Gasteiger partial charge on any atom is 0.246 e. The van der Waals surface area contributed by atoms with E-state index in [4.69, 9.17) is 10.00 Å². The number of rotatable bonds is 6. The first-order valence-electron chi connectivity index (χ1n) is 9.82. The highest BCUT2D eigenvalue weighted by Crippen LogP contribution is 2.33. The molecule has 0 aliphatic carbocycles. The molecule has 29 heavy (non-hydrogen) atoms. The Morgan fingerprint density at radius 1 is 1.03 bits per heavy atom. The molecule has 0 bridgehead atoms. The van der Waals surface area contributed by atoms with Crippen LogP contribution in [0.3, 0.4) is 0 Å². The molecule has 0 spiro atoms. The largest absolute Gasteiger partial charge is 0.456 e. The highest BCUT2D eigenvalue weighted by molar-refractivity contribution is 7.89. The number of nitriles is 1. The van der Waals surface area contributed by atoms with Crippen molar-refractivity contribution in [1.29, 1.82) is 5.26 Å². The van der Waals surface area contributed by atoms with Crippen LogP contribution in [0.1, 0.15) is 23.6 Å². The quantitative estimate of drug-likeness (QED) is 0.725. The van der Waals surface area contributed by atoms with Crippen molar-refractivity contribution in [3.05, 3.63) is 53.1 Å². The van der Waals surface area contributed by atoms with Crippen molar-refractivity contribution in [3.8, 4) is 17.6 Å². The minimum Gasteiger partial charge on any atom is -0.456 e. The van der Waals surface area contributed by atoms with Gasteiger partial charge in [0, 0.05) is 26.2 Å². The average Bonchev–Trinajstić information content (AvgIpc) is 2.68. The molecule has 1 aliphatic heterocycles. The minimum absolute atomic E-state index is 0.120. The lowest BCUT2D eigenvalue weighted by Crippen LogP contribution is -2.48. The predicted octanol–water partition coefficient (Wildman–Crippen LogP) is 3.49. The van der Waals surface area contributed by atoms with E-state index < -0.39 is 10.0 Å². The molecule has 2 aromatic rings. The fraction of sp³-hybridized carbons (Fsp3) is 0.409. The van der Waals surface area contributed by atoms with Crippen molar-refractivity contribution in [2.24, 2.45) is 0 Å². The molecule has 0 atom stereocenters. The normalized spacial score (nSPS) is 15.8. The summed E-state index contributed by atoms with van der Waals surface area (Å²) in [6.45, 7) is 9.24. The third-order valence-electron chi connectivity index (χ3n) is 5.11. The van der Waals surface area contributed by atoms with E-state index in [9.17, 15) is 8.42 Å². The third kappa shape index (κ3) is 4.96. The van der Waals surface area contributed by atoms with E-state index in [1.807, 2.05) is 32.0 Å². The summed E-state index contributed by atoms with van der Waals surface area (Å²) in [5.41, 5.74) is 2.74. The van der Waals surface area contributed by atoms with Gasteiger partial charge in [-0.25, -0.2) is 8.42 Å². The van der Waals surface area contributed by atoms with Crippen molar-refractivity contribution in [3.63, 3.8) is 0 Å². The lowest BCUT2D eigenvalue weighted by atomic mass is 10.1. The molecular weight excluding hydrogens is 386 g/mol. The van der Waals surface area contributed by atoms with Gasteiger partial charge in [0.2, 0.25) is 10.0 Å². The Kier molecular flexibility index (Phi) is 6.58. The Bertz CT molecular complexity index is 1000. The van der Waals surface area contributed by atoms with Crippen LogP contribution >= 0.6 is 0 Å². The van der Waals surface area contributed by atoms with E-state index in [2.05, 4.69) is 17.9 Å². The van der Waals surface area contributed by atoms with Crippen LogP contribution in [0.5, 0.6) is 11.5 Å². The lowest BCUT2D eigenvalue weighted by Gasteiger charge is -2.33. The van der Waals surface area contributed by atoms with Gasteiger partial charge < -0.3 is 9.64 Å². The molecule has 0 unspecified atom stereocenters. The molecule has 1 fully saturated rings. The standard InChI is InChI=1S/C22H27N3O3S/c1-4-24-9-11-25(12-10-24)29(26,27)22-16-19(7-8-23)5-6-21(22)28-20-14-17(2)13-18(3)15-20/h5-6,13-16H,4,7,9-12H2,1-3H3. The highest BCUT2D eigenvalue weighted by Gasteiger charge is 2.31. The second kappa shape index (κ2) is 8.95. The summed E-state index contributed by atoms with van der Waals surface area (Å²) in [5, 5.41) is 9.04. The van der Waals surface area contributed by atoms with Crippen molar-refractivity contribution in [1.82, 2.24) is 9.21 Å². The topological polar surface area (TPSA) is 73.6 Å². The van der Waals surface area contributed by atoms with Crippen LogP contribution < -0.4 is 4.74 Å². The summed E-state index contributed by atoms with van der Waals surface area (Å²) in [4.78, 5) is 2.35. The first kappa shape index (κ1) is 21.3. The second-order valence-corrected chi connectivity index (χ2v) is 9.29. The first-order valence-corrected chi connectivity index (χ1v) is 11.3. The van der Waals surface area contributed by atoms with Crippen LogP contribution in [-0.4, -0.2) is 50.3 Å². The SMILES string of the molecule is CCN1CCN(S(=O)(=O)c2cc(CC#N)ccc2Oc2cc(C)cc(C)c2)CC1. The zero-order valence-electron chi connectivity index (χ0n) is 17.2. The summed E-state index contributed by atoms with van der Waals surface area (Å²) in [6, 6.07) is 12.9. The van der Waals surface area contributed by atoms with Crippen LogP contribution in [0, 0.1) is 25.2 Å². The van der Waals surface area contributed by atoms with Crippen molar-refractivity contribution in [2.45, 2.75) is 32.1 Å². The average molecular weight is 414 g/mol. The fourth-order valence-electron chi connectivity index (χ4n) is 3.58. The number of benzene rings is 2. The van der Waals surface area contributed by atoms with Crippen LogP contribution in [0.15, 0.2) is 41.3 Å². The number of hydrogen-bond acceptors (Lipinski definition) is 5. The van der Waals surface area contributed by atoms with Crippen LogP contribution in [0.25, 0.3) is 0 Å². The maximum atomic E-state index is 13.4. The summed E-state index contributed by atoms with van der Waals surface area (Å²) in [5.74, 6) is 0.886. The Balaban J connectivity index is 1.98. The minimum atomic E-state index is -3.73. The molecule has 2 aromatic carbocycles. The maximum absolute atomic E-state index is 13.4. The molecule has 0 N–H and O–H groups in total. The molecule has 0 amide bonds. The second-order valence-electron chi connectivity index (χ2n) is 7.38. The van der Waals surface area contributed by atoms with E-state index >= 15 is 0 Å². The van der Waals surface area contributed by atoms with E-state index in [-0.39, 0.29) is 17.1 Å². The molecule has 7 heteroatoms. The molecule has 1 saturated heterocycles. The summed E-state index contributed by atoms with van der Waals surface area (Å²) >= 11 is 0. The van der Waals surface area contributed by atoms with Gasteiger partial charge in [0.1, 0.15) is 16.4 Å². The van der Waals surface area contributed by atoms with Gasteiger partial charge in [0.25, 0.3) is 0 Å². The van der Waals surface area contributed by atoms with E-state index in [0.717, 1.165) is 17.7 Å². The number of ether oxygens (including phenoxy) is 1. The molecule has 154 valence electrons. The number of nitrogens with zero attached hydrogens (tertiary/aromatic N) is 3. The van der Waals surface area contributed by atoms with Crippen LogP contribution in [-0.2, 0) is 16.4 Å². The molecule has 1 aliphatic rings. The molecule has 0 aromatic heterocycles. The molecule has 0 radical (unpaired) electrons. The Hall–Kier alpha value is -2.40. The fourth-order valence-corrected chi connectivity index (χ4v) is 5.17. The summed E-state index contributed by atoms with van der Waals surface area (Å²) in [7, 11) is -3.73. The third-order valence-corrected chi connectivity index (χ3v) is 7.03. The highest BCUT2D eigenvalue weighted by atomic mass is 32.2. The predicted molar refractivity (Wildman–Crippen MR) is 113 cm³/mol. The van der Waals surface area contributed by atoms with E-state index in [1.54, 1.807) is 18.2 Å². The first-order chi connectivity index (χ1) is 13.8. The van der Waals surface area contributed by atoms with Gasteiger partial charge in [-0.2, -0.15) is 9.57 Å². The lowest BCUT2D eigenvalue weighted by molar-refractivity contribution is 0.196. The van der Waals surface area contributed by atoms with Crippen molar-refractivity contribution in [2.75, 3.05) is 32.7 Å². The van der Waals surface area contributed by atoms with Crippen molar-refractivity contribution < 1.29 is 13.2 Å². The Labute approximate surface area is 173 Å². The number of aryl methyl sites for hydroxylation is 2. The van der Waals surface area contributed by atoms with Gasteiger partial charge >= 0.3 is 0 Å². The van der Waals surface area contributed by atoms with Gasteiger partial charge in [-0.05, 0) is 61.3 Å². The monoisotopic (exact) mass is 413 g/mol. The van der Waals surface area contributed by atoms with Crippen molar-refractivity contribution >= 4 is 10.0 Å². The molecular formula is C22H27N3O3S. The van der Waals surface area contributed by atoms with Gasteiger partial charge in [-0.3, -0.25) is 0 Å². The Morgan fingerprint density at radius 3 is 2.28 bits per heavy atom. The number of hydrogen-bond donors (Lipinski definition) is 0. The smallest absolute Gasteiger partial charge is 0.246 e. The van der Waals surface area contributed by atoms with Gasteiger partial charge in [0.05, 0.1) is 12.5 Å². The molecule has 1 heterocycles. The molecule has 0 saturated carbocycles. The van der Waals surface area contributed by atoms with Gasteiger partial charge in [0.15, 0.2) is 0 Å². The van der Waals surface area contributed by atoms with Gasteiger partial charge in [-0.1, -0.05) is 19.1 Å². The molecule has 6 nitrogen and oxygen atoms in total. The zero-order valence-corrected chi connectivity index (χ0v) is 18.0. The number of sulfonamides is 1. The summed E-state index contributed by atoms with van der Waals surface area (Å²) < 4.78 is 34.4.